The number of thiophene rings is 1. The van der Waals surface area contributed by atoms with Crippen molar-refractivity contribution in [1.82, 2.24) is 20.2 Å². The van der Waals surface area contributed by atoms with Crippen LogP contribution >= 0.6 is 23.1 Å². The lowest BCUT2D eigenvalue weighted by molar-refractivity contribution is -0.119. The predicted octanol–water partition coefficient (Wildman–Crippen LogP) is 4.42. The Bertz CT molecular complexity index is 1210. The van der Waals surface area contributed by atoms with E-state index in [1.807, 2.05) is 57.2 Å². The van der Waals surface area contributed by atoms with Crippen LogP contribution in [0.15, 0.2) is 59.0 Å². The van der Waals surface area contributed by atoms with Crippen molar-refractivity contribution < 1.29 is 9.59 Å². The molecule has 3 rings (SSSR count). The van der Waals surface area contributed by atoms with Gasteiger partial charge in [-0.1, -0.05) is 48.2 Å². The van der Waals surface area contributed by atoms with Crippen LogP contribution in [-0.2, 0) is 11.3 Å². The molecule has 0 aliphatic rings. The van der Waals surface area contributed by atoms with Gasteiger partial charge in [-0.25, -0.2) is 9.78 Å². The van der Waals surface area contributed by atoms with Gasteiger partial charge in [-0.3, -0.25) is 19.5 Å². The molecular formula is C23H26N4O3S2. The average Bonchev–Trinajstić information content (AvgIpc) is 3.14. The number of allylic oxidation sites excluding steroid dienone is 1. The van der Waals surface area contributed by atoms with E-state index in [2.05, 4.69) is 22.2 Å². The minimum absolute atomic E-state index is 0.178. The van der Waals surface area contributed by atoms with E-state index in [1.54, 1.807) is 13.0 Å². The van der Waals surface area contributed by atoms with Crippen molar-refractivity contribution in [2.24, 2.45) is 0 Å². The molecule has 0 saturated carbocycles. The summed E-state index contributed by atoms with van der Waals surface area (Å²) in [5.74, 6) is -0.466. The highest BCUT2D eigenvalue weighted by atomic mass is 32.2. The third-order valence-corrected chi connectivity index (χ3v) is 6.60. The predicted molar refractivity (Wildman–Crippen MR) is 131 cm³/mol. The van der Waals surface area contributed by atoms with Gasteiger partial charge in [0.1, 0.15) is 4.70 Å². The Hall–Kier alpha value is -2.91. The summed E-state index contributed by atoms with van der Waals surface area (Å²) < 4.78 is 2.06. The zero-order valence-electron chi connectivity index (χ0n) is 18.5. The second kappa shape index (κ2) is 9.70. The number of carbonyl (C=O) groups excluding carboxylic acids is 2. The van der Waals surface area contributed by atoms with Crippen LogP contribution in [-0.4, -0.2) is 32.3 Å². The van der Waals surface area contributed by atoms with Crippen molar-refractivity contribution in [3.05, 3.63) is 59.4 Å². The van der Waals surface area contributed by atoms with Crippen LogP contribution < -0.4 is 16.2 Å². The summed E-state index contributed by atoms with van der Waals surface area (Å²) in [4.78, 5) is 43.3. The van der Waals surface area contributed by atoms with Crippen molar-refractivity contribution >= 4 is 45.3 Å². The molecule has 2 heterocycles. The fourth-order valence-corrected chi connectivity index (χ4v) is 4.88. The Morgan fingerprint density at radius 3 is 2.59 bits per heavy atom. The van der Waals surface area contributed by atoms with Crippen LogP contribution in [0.3, 0.4) is 0 Å². The molecule has 9 heteroatoms. The van der Waals surface area contributed by atoms with E-state index < -0.39 is 22.7 Å². The third-order valence-electron chi connectivity index (χ3n) is 4.35. The van der Waals surface area contributed by atoms with E-state index in [4.69, 9.17) is 0 Å². The highest BCUT2D eigenvalue weighted by Gasteiger charge is 2.23. The fraction of sp³-hybridized carbons (Fsp3) is 0.304. The molecule has 0 saturated heterocycles. The van der Waals surface area contributed by atoms with Gasteiger partial charge in [-0.05, 0) is 39.3 Å². The van der Waals surface area contributed by atoms with E-state index in [1.165, 1.54) is 15.9 Å². The first-order chi connectivity index (χ1) is 15.1. The van der Waals surface area contributed by atoms with Gasteiger partial charge in [-0.2, -0.15) is 0 Å². The molecule has 2 N–H and O–H groups in total. The second-order valence-corrected chi connectivity index (χ2v) is 10.6. The number of fused-ring (bicyclic) bond motifs is 1. The average molecular weight is 471 g/mol. The van der Waals surface area contributed by atoms with Crippen LogP contribution in [0.5, 0.6) is 0 Å². The molecule has 0 radical (unpaired) electrons. The molecular weight excluding hydrogens is 444 g/mol. The molecule has 32 heavy (non-hydrogen) atoms. The van der Waals surface area contributed by atoms with E-state index in [9.17, 15) is 14.4 Å². The monoisotopic (exact) mass is 470 g/mol. The maximum atomic E-state index is 13.2. The van der Waals surface area contributed by atoms with Gasteiger partial charge < -0.3 is 5.32 Å². The molecule has 0 fully saturated rings. The Morgan fingerprint density at radius 1 is 1.28 bits per heavy atom. The van der Waals surface area contributed by atoms with Crippen LogP contribution in [0.4, 0.5) is 4.79 Å². The quantitative estimate of drug-likeness (QED) is 0.316. The van der Waals surface area contributed by atoms with Gasteiger partial charge in [0.15, 0.2) is 5.16 Å². The van der Waals surface area contributed by atoms with Crippen molar-refractivity contribution in [2.45, 2.75) is 50.2 Å². The summed E-state index contributed by atoms with van der Waals surface area (Å²) in [6.07, 6.45) is 1.62. The first kappa shape index (κ1) is 23.7. The summed E-state index contributed by atoms with van der Waals surface area (Å²) >= 11 is 2.52. The Kier molecular flexibility index (Phi) is 7.20. The molecule has 0 spiro atoms. The molecule has 1 unspecified atom stereocenters. The van der Waals surface area contributed by atoms with Crippen molar-refractivity contribution in [2.75, 3.05) is 0 Å². The maximum Gasteiger partial charge on any atom is 0.321 e. The lowest BCUT2D eigenvalue weighted by atomic mass is 10.1. The second-order valence-electron chi connectivity index (χ2n) is 8.24. The smallest absolute Gasteiger partial charge is 0.321 e. The standard InChI is InChI=1S/C23H26N4O3S2/c1-6-12-27-20(29)18-16(13-17(32-18)15-10-8-7-9-11-15)24-22(27)31-14(2)19(28)25-21(30)26-23(3,4)5/h6-11,13-14H,1,12H2,2-5H3,(H2,25,26,28,30). The van der Waals surface area contributed by atoms with Crippen LogP contribution in [0, 0.1) is 0 Å². The van der Waals surface area contributed by atoms with E-state index in [0.29, 0.717) is 15.4 Å². The van der Waals surface area contributed by atoms with Gasteiger partial charge in [0.2, 0.25) is 5.91 Å². The van der Waals surface area contributed by atoms with Gasteiger partial charge in [0.25, 0.3) is 5.56 Å². The van der Waals surface area contributed by atoms with E-state index in [-0.39, 0.29) is 12.1 Å². The fourth-order valence-electron chi connectivity index (χ4n) is 2.91. The maximum absolute atomic E-state index is 13.2. The third kappa shape index (κ3) is 5.66. The van der Waals surface area contributed by atoms with E-state index in [0.717, 1.165) is 22.2 Å². The summed E-state index contributed by atoms with van der Waals surface area (Å²) in [6.45, 7) is 11.1. The van der Waals surface area contributed by atoms with Crippen LogP contribution in [0.2, 0.25) is 0 Å². The number of aromatic nitrogens is 2. The minimum atomic E-state index is -0.645. The minimum Gasteiger partial charge on any atom is -0.333 e. The van der Waals surface area contributed by atoms with Crippen molar-refractivity contribution in [3.63, 3.8) is 0 Å². The number of nitrogens with zero attached hydrogens (tertiary/aromatic N) is 2. The SMILES string of the molecule is C=CCn1c(SC(C)C(=O)NC(=O)NC(C)(C)C)nc2cc(-c3ccccc3)sc2c1=O. The van der Waals surface area contributed by atoms with Gasteiger partial charge in [0.05, 0.1) is 10.8 Å². The molecule has 0 bridgehead atoms. The van der Waals surface area contributed by atoms with Crippen molar-refractivity contribution in [1.29, 1.82) is 0 Å². The zero-order valence-corrected chi connectivity index (χ0v) is 20.1. The number of nitrogens with one attached hydrogen (secondary N) is 2. The molecule has 1 aromatic carbocycles. The summed E-state index contributed by atoms with van der Waals surface area (Å²) in [5, 5.41) is 4.79. The molecule has 3 amide bonds. The molecule has 0 aliphatic heterocycles. The highest BCUT2D eigenvalue weighted by molar-refractivity contribution is 8.00. The van der Waals surface area contributed by atoms with Crippen LogP contribution in [0.25, 0.3) is 20.7 Å². The van der Waals surface area contributed by atoms with Gasteiger partial charge in [0, 0.05) is 17.0 Å². The number of carbonyl (C=O) groups is 2. The normalized spacial score (nSPS) is 12.4. The van der Waals surface area contributed by atoms with Gasteiger partial charge in [-0.15, -0.1) is 17.9 Å². The Labute approximate surface area is 194 Å². The molecule has 2 aromatic heterocycles. The molecule has 7 nitrogen and oxygen atoms in total. The zero-order chi connectivity index (χ0) is 23.5. The largest absolute Gasteiger partial charge is 0.333 e. The first-order valence-electron chi connectivity index (χ1n) is 10.1. The highest BCUT2D eigenvalue weighted by Crippen LogP contribution is 2.32. The lowest BCUT2D eigenvalue weighted by Crippen LogP contribution is -2.49. The summed E-state index contributed by atoms with van der Waals surface area (Å²) in [7, 11) is 0. The number of thioether (sulfide) groups is 1. The van der Waals surface area contributed by atoms with Crippen LogP contribution in [0.1, 0.15) is 27.7 Å². The first-order valence-corrected chi connectivity index (χ1v) is 11.8. The number of benzene rings is 1. The molecule has 1 atom stereocenters. The van der Waals surface area contributed by atoms with Gasteiger partial charge >= 0.3 is 6.03 Å². The number of amides is 3. The Balaban J connectivity index is 1.90. The molecule has 3 aromatic rings. The Morgan fingerprint density at radius 2 is 1.97 bits per heavy atom. The van der Waals surface area contributed by atoms with Crippen molar-refractivity contribution in [3.8, 4) is 10.4 Å². The number of hydrogen-bond donors (Lipinski definition) is 2. The molecule has 0 aliphatic carbocycles. The summed E-state index contributed by atoms with van der Waals surface area (Å²) in [6, 6.07) is 11.1. The topological polar surface area (TPSA) is 93.1 Å². The number of imide groups is 1. The number of rotatable bonds is 6. The number of urea groups is 1. The number of hydrogen-bond acceptors (Lipinski definition) is 6. The summed E-state index contributed by atoms with van der Waals surface area (Å²) in [5.41, 5.74) is 0.951. The lowest BCUT2D eigenvalue weighted by Gasteiger charge is -2.21. The molecule has 168 valence electrons. The van der Waals surface area contributed by atoms with E-state index >= 15 is 0 Å².